The number of ether oxygens (including phenoxy) is 2. The number of rotatable bonds is 10. The maximum absolute atomic E-state index is 13.7. The van der Waals surface area contributed by atoms with Crippen molar-refractivity contribution in [3.63, 3.8) is 0 Å². The van der Waals surface area contributed by atoms with Gasteiger partial charge in [0.2, 0.25) is 15.9 Å². The smallest absolute Gasteiger partial charge is 0.243 e. The first kappa shape index (κ1) is 27.2. The minimum absolute atomic E-state index is 0.0157. The first-order chi connectivity index (χ1) is 17.1. The van der Waals surface area contributed by atoms with Crippen molar-refractivity contribution in [2.45, 2.75) is 45.2 Å². The van der Waals surface area contributed by atoms with Gasteiger partial charge in [-0.25, -0.2) is 8.42 Å². The van der Waals surface area contributed by atoms with E-state index >= 15 is 0 Å². The van der Waals surface area contributed by atoms with Crippen LogP contribution < -0.4 is 14.8 Å². The highest BCUT2D eigenvalue weighted by Crippen LogP contribution is 2.31. The zero-order valence-corrected chi connectivity index (χ0v) is 22.5. The van der Waals surface area contributed by atoms with E-state index in [0.717, 1.165) is 22.3 Å². The van der Waals surface area contributed by atoms with Gasteiger partial charge in [-0.05, 0) is 67.6 Å². The zero-order chi connectivity index (χ0) is 26.5. The van der Waals surface area contributed by atoms with Gasteiger partial charge in [-0.3, -0.25) is 4.79 Å². The van der Waals surface area contributed by atoms with Gasteiger partial charge < -0.3 is 14.8 Å². The largest absolute Gasteiger partial charge is 0.493 e. The fraction of sp³-hybridized carbons (Fsp3) is 0.321. The molecule has 1 amide bonds. The van der Waals surface area contributed by atoms with Crippen LogP contribution in [0.1, 0.15) is 40.8 Å². The van der Waals surface area contributed by atoms with E-state index in [2.05, 4.69) is 24.4 Å². The van der Waals surface area contributed by atoms with E-state index in [0.29, 0.717) is 11.5 Å². The molecular weight excluding hydrogens is 476 g/mol. The van der Waals surface area contributed by atoms with Gasteiger partial charge in [-0.15, -0.1) is 0 Å². The van der Waals surface area contributed by atoms with Gasteiger partial charge in [0, 0.05) is 12.6 Å². The Labute approximate surface area is 214 Å². The molecule has 8 heteroatoms. The Balaban J connectivity index is 1.89. The first-order valence-corrected chi connectivity index (χ1v) is 13.1. The number of sulfonamides is 1. The van der Waals surface area contributed by atoms with Crippen molar-refractivity contribution in [1.29, 1.82) is 0 Å². The lowest BCUT2D eigenvalue weighted by Gasteiger charge is -2.24. The SMILES string of the molecule is COc1ccc(S(=O)(=O)N(CC(=O)NC(C)c2cc(C)c(C)cc2C)Cc2ccccc2)cc1OC. The Hall–Kier alpha value is -3.36. The van der Waals surface area contributed by atoms with Crippen molar-refractivity contribution in [3.8, 4) is 11.5 Å². The molecule has 0 fully saturated rings. The maximum Gasteiger partial charge on any atom is 0.243 e. The fourth-order valence-electron chi connectivity index (χ4n) is 4.11. The Morgan fingerprint density at radius 2 is 1.53 bits per heavy atom. The van der Waals surface area contributed by atoms with Crippen molar-refractivity contribution in [3.05, 3.63) is 88.5 Å². The molecule has 0 radical (unpaired) electrons. The number of amides is 1. The number of hydrogen-bond donors (Lipinski definition) is 1. The molecule has 0 aliphatic carbocycles. The first-order valence-electron chi connectivity index (χ1n) is 11.7. The molecule has 0 spiro atoms. The summed E-state index contributed by atoms with van der Waals surface area (Å²) in [4.78, 5) is 13.1. The van der Waals surface area contributed by atoms with Crippen LogP contribution in [0.2, 0.25) is 0 Å². The monoisotopic (exact) mass is 510 g/mol. The molecule has 7 nitrogen and oxygen atoms in total. The van der Waals surface area contributed by atoms with Crippen molar-refractivity contribution < 1.29 is 22.7 Å². The highest BCUT2D eigenvalue weighted by molar-refractivity contribution is 7.89. The summed E-state index contributed by atoms with van der Waals surface area (Å²) in [5.41, 5.74) is 5.17. The molecule has 0 aliphatic heterocycles. The summed E-state index contributed by atoms with van der Waals surface area (Å²) in [6, 6.07) is 17.5. The van der Waals surface area contributed by atoms with Crippen molar-refractivity contribution >= 4 is 15.9 Å². The molecule has 0 aliphatic rings. The number of benzene rings is 3. The molecule has 192 valence electrons. The quantitative estimate of drug-likeness (QED) is 0.428. The lowest BCUT2D eigenvalue weighted by Crippen LogP contribution is -2.41. The average Bonchev–Trinajstić information content (AvgIpc) is 2.85. The molecule has 1 atom stereocenters. The second-order valence-electron chi connectivity index (χ2n) is 8.86. The number of hydrogen-bond acceptors (Lipinski definition) is 5. The molecule has 0 saturated heterocycles. The summed E-state index contributed by atoms with van der Waals surface area (Å²) in [7, 11) is -1.11. The lowest BCUT2D eigenvalue weighted by molar-refractivity contribution is -0.122. The van der Waals surface area contributed by atoms with Gasteiger partial charge in [-0.1, -0.05) is 42.5 Å². The minimum Gasteiger partial charge on any atom is -0.493 e. The highest BCUT2D eigenvalue weighted by atomic mass is 32.2. The average molecular weight is 511 g/mol. The minimum atomic E-state index is -4.04. The van der Waals surface area contributed by atoms with Crippen LogP contribution in [-0.4, -0.2) is 39.4 Å². The van der Waals surface area contributed by atoms with Gasteiger partial charge in [0.25, 0.3) is 0 Å². The van der Waals surface area contributed by atoms with E-state index < -0.39 is 10.0 Å². The predicted molar refractivity (Wildman–Crippen MR) is 141 cm³/mol. The summed E-state index contributed by atoms with van der Waals surface area (Å²) < 4.78 is 39.1. The third-order valence-electron chi connectivity index (χ3n) is 6.24. The van der Waals surface area contributed by atoms with Crippen LogP contribution in [0.4, 0.5) is 0 Å². The molecule has 0 saturated carbocycles. The van der Waals surface area contributed by atoms with Crippen LogP contribution in [0.25, 0.3) is 0 Å². The van der Waals surface area contributed by atoms with E-state index in [4.69, 9.17) is 9.47 Å². The normalized spacial score (nSPS) is 12.3. The second-order valence-corrected chi connectivity index (χ2v) is 10.8. The van der Waals surface area contributed by atoms with Gasteiger partial charge in [-0.2, -0.15) is 4.31 Å². The van der Waals surface area contributed by atoms with Crippen LogP contribution in [0.15, 0.2) is 65.6 Å². The molecule has 0 aromatic heterocycles. The summed E-state index contributed by atoms with van der Waals surface area (Å²) in [5, 5.41) is 2.97. The van der Waals surface area contributed by atoms with E-state index in [-0.39, 0.29) is 29.9 Å². The maximum atomic E-state index is 13.7. The number of aryl methyl sites for hydroxylation is 3. The van der Waals surface area contributed by atoms with Gasteiger partial charge in [0.1, 0.15) is 0 Å². The van der Waals surface area contributed by atoms with E-state index in [1.807, 2.05) is 51.1 Å². The highest BCUT2D eigenvalue weighted by Gasteiger charge is 2.28. The van der Waals surface area contributed by atoms with Crippen LogP contribution >= 0.6 is 0 Å². The fourth-order valence-corrected chi connectivity index (χ4v) is 5.51. The standard InChI is InChI=1S/C28H34N2O5S/c1-19-14-21(3)25(15-20(19)2)22(4)29-28(31)18-30(17-23-10-8-7-9-11-23)36(32,33)24-12-13-26(34-5)27(16-24)35-6/h7-16,22H,17-18H2,1-6H3,(H,29,31). The van der Waals surface area contributed by atoms with Gasteiger partial charge in [0.15, 0.2) is 11.5 Å². The number of carbonyl (C=O) groups is 1. The number of nitrogens with zero attached hydrogens (tertiary/aromatic N) is 1. The summed E-state index contributed by atoms with van der Waals surface area (Å²) in [5.74, 6) is 0.322. The molecule has 3 aromatic carbocycles. The Morgan fingerprint density at radius 1 is 0.889 bits per heavy atom. The van der Waals surface area contributed by atoms with Gasteiger partial charge in [0.05, 0.1) is 31.7 Å². The number of nitrogens with one attached hydrogen (secondary N) is 1. The van der Waals surface area contributed by atoms with Crippen molar-refractivity contribution in [1.82, 2.24) is 9.62 Å². The van der Waals surface area contributed by atoms with Crippen LogP contribution in [-0.2, 0) is 21.4 Å². The summed E-state index contributed by atoms with van der Waals surface area (Å²) in [6.07, 6.45) is 0. The Morgan fingerprint density at radius 3 is 2.17 bits per heavy atom. The molecule has 3 rings (SSSR count). The summed E-state index contributed by atoms with van der Waals surface area (Å²) >= 11 is 0. The van der Waals surface area contributed by atoms with Crippen molar-refractivity contribution in [2.24, 2.45) is 0 Å². The Kier molecular flexibility index (Phi) is 8.76. The molecule has 3 aromatic rings. The van der Waals surface area contributed by atoms with E-state index in [1.165, 1.54) is 42.3 Å². The third-order valence-corrected chi connectivity index (χ3v) is 8.03. The second kappa shape index (κ2) is 11.6. The molecule has 1 N–H and O–H groups in total. The molecule has 0 heterocycles. The van der Waals surface area contributed by atoms with Crippen LogP contribution in [0.3, 0.4) is 0 Å². The molecule has 36 heavy (non-hydrogen) atoms. The predicted octanol–water partition coefficient (Wildman–Crippen LogP) is 4.70. The molecule has 1 unspecified atom stereocenters. The van der Waals surface area contributed by atoms with Crippen molar-refractivity contribution in [2.75, 3.05) is 20.8 Å². The van der Waals surface area contributed by atoms with Crippen LogP contribution in [0, 0.1) is 20.8 Å². The summed E-state index contributed by atoms with van der Waals surface area (Å²) in [6.45, 7) is 7.70. The lowest BCUT2D eigenvalue weighted by atomic mass is 9.96. The number of carbonyl (C=O) groups excluding carboxylic acids is 1. The number of methoxy groups -OCH3 is 2. The zero-order valence-electron chi connectivity index (χ0n) is 21.7. The van der Waals surface area contributed by atoms with E-state index in [1.54, 1.807) is 0 Å². The molecular formula is C28H34N2O5S. The van der Waals surface area contributed by atoms with E-state index in [9.17, 15) is 13.2 Å². The van der Waals surface area contributed by atoms with Gasteiger partial charge >= 0.3 is 0 Å². The Bertz CT molecular complexity index is 1320. The molecule has 0 bridgehead atoms. The van der Waals surface area contributed by atoms with Crippen LogP contribution in [0.5, 0.6) is 11.5 Å². The topological polar surface area (TPSA) is 84.9 Å². The third kappa shape index (κ3) is 6.25.